The minimum atomic E-state index is -0.740. The fraction of sp³-hybridized carbons (Fsp3) is 0.444. The van der Waals surface area contributed by atoms with Crippen LogP contribution < -0.4 is 5.32 Å². The Bertz CT molecular complexity index is 413. The Hall–Kier alpha value is -1.47. The van der Waals surface area contributed by atoms with Crippen LogP contribution in [0.3, 0.4) is 0 Å². The van der Waals surface area contributed by atoms with E-state index in [1.54, 1.807) is 13.8 Å². The van der Waals surface area contributed by atoms with E-state index in [-0.39, 0.29) is 16.5 Å². The summed E-state index contributed by atoms with van der Waals surface area (Å²) >= 11 is 0.808. The first kappa shape index (κ1) is 12.6. The van der Waals surface area contributed by atoms with E-state index in [1.807, 2.05) is 0 Å². The number of carbonyl (C=O) groups is 1. The van der Waals surface area contributed by atoms with Crippen molar-refractivity contribution in [2.24, 2.45) is 0 Å². The molecule has 0 bridgehead atoms. The fourth-order valence-corrected chi connectivity index (χ4v) is 1.67. The highest BCUT2D eigenvalue weighted by Gasteiger charge is 2.22. The molecule has 88 valence electrons. The molecule has 1 aromatic rings. The molecule has 0 unspecified atom stereocenters. The van der Waals surface area contributed by atoms with Gasteiger partial charge < -0.3 is 10.4 Å². The molecule has 0 saturated carbocycles. The number of hydrogen-bond donors (Lipinski definition) is 2. The summed E-state index contributed by atoms with van der Waals surface area (Å²) in [5.74, 6) is -0.419. The molecule has 0 atom stereocenters. The first-order chi connectivity index (χ1) is 7.35. The molecule has 0 aliphatic carbocycles. The Labute approximate surface area is 96.1 Å². The van der Waals surface area contributed by atoms with Crippen LogP contribution in [0.25, 0.3) is 0 Å². The third kappa shape index (κ3) is 3.01. The lowest BCUT2D eigenvalue weighted by Gasteiger charge is -2.22. The number of rotatable bonds is 4. The van der Waals surface area contributed by atoms with E-state index < -0.39 is 16.4 Å². The fourth-order valence-electron chi connectivity index (χ4n) is 0.956. The summed E-state index contributed by atoms with van der Waals surface area (Å²) in [6.07, 6.45) is 0. The van der Waals surface area contributed by atoms with Crippen LogP contribution in [0.4, 0.5) is 5.00 Å². The standard InChI is InChI=1S/C9H12N2O4S/c1-9(2,5-12)10-8(13)6-3-4-7(16-6)11(14)15/h3-4,12H,5H2,1-2H3,(H,10,13). The van der Waals surface area contributed by atoms with Gasteiger partial charge in [0.15, 0.2) is 0 Å². The van der Waals surface area contributed by atoms with Crippen LogP contribution in [0.2, 0.25) is 0 Å². The number of thiophene rings is 1. The minimum Gasteiger partial charge on any atom is -0.394 e. The molecule has 2 N–H and O–H groups in total. The maximum absolute atomic E-state index is 11.6. The highest BCUT2D eigenvalue weighted by atomic mass is 32.1. The summed E-state index contributed by atoms with van der Waals surface area (Å²) in [4.78, 5) is 21.8. The van der Waals surface area contributed by atoms with Gasteiger partial charge in [0.2, 0.25) is 0 Å². The summed E-state index contributed by atoms with van der Waals surface area (Å²) in [5.41, 5.74) is -0.740. The largest absolute Gasteiger partial charge is 0.394 e. The average Bonchev–Trinajstić information content (AvgIpc) is 2.66. The Balaban J connectivity index is 2.77. The first-order valence-corrected chi connectivity index (χ1v) is 5.35. The normalized spacial score (nSPS) is 11.2. The lowest BCUT2D eigenvalue weighted by Crippen LogP contribution is -2.46. The molecule has 1 amide bonds. The second-order valence-electron chi connectivity index (χ2n) is 3.89. The van der Waals surface area contributed by atoms with E-state index >= 15 is 0 Å². The maximum Gasteiger partial charge on any atom is 0.324 e. The van der Waals surface area contributed by atoms with E-state index in [9.17, 15) is 14.9 Å². The average molecular weight is 244 g/mol. The van der Waals surface area contributed by atoms with Crippen LogP contribution in [-0.2, 0) is 0 Å². The third-order valence-electron chi connectivity index (χ3n) is 1.84. The zero-order chi connectivity index (χ0) is 12.3. The molecule has 7 heteroatoms. The molecule has 0 fully saturated rings. The second kappa shape index (κ2) is 4.58. The van der Waals surface area contributed by atoms with Gasteiger partial charge in [-0.3, -0.25) is 14.9 Å². The topological polar surface area (TPSA) is 92.5 Å². The molecule has 6 nitrogen and oxygen atoms in total. The maximum atomic E-state index is 11.6. The molecule has 0 radical (unpaired) electrons. The van der Waals surface area contributed by atoms with Crippen LogP contribution in [-0.4, -0.2) is 28.1 Å². The summed E-state index contributed by atoms with van der Waals surface area (Å²) in [6.45, 7) is 3.12. The van der Waals surface area contributed by atoms with E-state index in [0.29, 0.717) is 0 Å². The zero-order valence-electron chi connectivity index (χ0n) is 8.89. The van der Waals surface area contributed by atoms with E-state index in [0.717, 1.165) is 11.3 Å². The molecule has 0 saturated heterocycles. The van der Waals surface area contributed by atoms with Gasteiger partial charge in [0.05, 0.1) is 21.9 Å². The lowest BCUT2D eigenvalue weighted by atomic mass is 10.1. The number of aliphatic hydroxyl groups excluding tert-OH is 1. The molecule has 0 aromatic carbocycles. The van der Waals surface area contributed by atoms with E-state index in [4.69, 9.17) is 5.11 Å². The molecule has 1 aromatic heterocycles. The molecule has 1 heterocycles. The van der Waals surface area contributed by atoms with Crippen molar-refractivity contribution in [3.8, 4) is 0 Å². The van der Waals surface area contributed by atoms with Crippen molar-refractivity contribution >= 4 is 22.2 Å². The van der Waals surface area contributed by atoms with Gasteiger partial charge in [0.25, 0.3) is 5.91 Å². The number of hydrogen-bond acceptors (Lipinski definition) is 5. The van der Waals surface area contributed by atoms with Crippen molar-refractivity contribution in [1.29, 1.82) is 0 Å². The predicted molar refractivity (Wildman–Crippen MR) is 59.6 cm³/mol. The number of nitrogens with zero attached hydrogens (tertiary/aromatic N) is 1. The van der Waals surface area contributed by atoms with Crippen molar-refractivity contribution in [2.75, 3.05) is 6.61 Å². The van der Waals surface area contributed by atoms with Crippen LogP contribution in [0.15, 0.2) is 12.1 Å². The summed E-state index contributed by atoms with van der Waals surface area (Å²) < 4.78 is 0. The number of carbonyl (C=O) groups excluding carboxylic acids is 1. The summed E-state index contributed by atoms with van der Waals surface area (Å²) in [5, 5.41) is 21.9. The van der Waals surface area contributed by atoms with Gasteiger partial charge in [-0.05, 0) is 19.9 Å². The van der Waals surface area contributed by atoms with Gasteiger partial charge in [0.1, 0.15) is 0 Å². The summed E-state index contributed by atoms with van der Waals surface area (Å²) in [6, 6.07) is 2.68. The van der Waals surface area contributed by atoms with Crippen molar-refractivity contribution in [2.45, 2.75) is 19.4 Å². The zero-order valence-corrected chi connectivity index (χ0v) is 9.71. The summed E-state index contributed by atoms with van der Waals surface area (Å²) in [7, 11) is 0. The van der Waals surface area contributed by atoms with Gasteiger partial charge in [-0.2, -0.15) is 0 Å². The molecule has 16 heavy (non-hydrogen) atoms. The number of nitro groups is 1. The number of amides is 1. The Morgan fingerprint density at radius 1 is 1.62 bits per heavy atom. The number of aliphatic hydroxyl groups is 1. The quantitative estimate of drug-likeness (QED) is 0.614. The molecular formula is C9H12N2O4S. The molecule has 1 rings (SSSR count). The predicted octanol–water partition coefficient (Wildman–Crippen LogP) is 1.16. The van der Waals surface area contributed by atoms with Gasteiger partial charge in [-0.25, -0.2) is 0 Å². The second-order valence-corrected chi connectivity index (χ2v) is 4.95. The smallest absolute Gasteiger partial charge is 0.324 e. The van der Waals surface area contributed by atoms with E-state index in [2.05, 4.69) is 5.32 Å². The highest BCUT2D eigenvalue weighted by molar-refractivity contribution is 7.17. The van der Waals surface area contributed by atoms with Crippen LogP contribution >= 0.6 is 11.3 Å². The Kier molecular flexibility index (Phi) is 3.61. The van der Waals surface area contributed by atoms with Crippen molar-refractivity contribution in [3.05, 3.63) is 27.1 Å². The van der Waals surface area contributed by atoms with Crippen LogP contribution in [0.1, 0.15) is 23.5 Å². The first-order valence-electron chi connectivity index (χ1n) is 4.53. The third-order valence-corrected chi connectivity index (χ3v) is 2.88. The van der Waals surface area contributed by atoms with E-state index in [1.165, 1.54) is 12.1 Å². The SMILES string of the molecule is CC(C)(CO)NC(=O)c1ccc([N+](=O)[O-])s1. The monoisotopic (exact) mass is 244 g/mol. The lowest BCUT2D eigenvalue weighted by molar-refractivity contribution is -0.380. The van der Waals surface area contributed by atoms with Gasteiger partial charge in [-0.1, -0.05) is 11.3 Å². The van der Waals surface area contributed by atoms with Crippen molar-refractivity contribution < 1.29 is 14.8 Å². The van der Waals surface area contributed by atoms with Gasteiger partial charge >= 0.3 is 5.00 Å². The molecular weight excluding hydrogens is 232 g/mol. The van der Waals surface area contributed by atoms with Crippen LogP contribution in [0, 0.1) is 10.1 Å². The molecule has 0 aliphatic rings. The van der Waals surface area contributed by atoms with Gasteiger partial charge in [0, 0.05) is 6.07 Å². The van der Waals surface area contributed by atoms with Crippen molar-refractivity contribution in [1.82, 2.24) is 5.32 Å². The van der Waals surface area contributed by atoms with Gasteiger partial charge in [-0.15, -0.1) is 0 Å². The Morgan fingerprint density at radius 3 is 2.69 bits per heavy atom. The molecule has 0 aliphatic heterocycles. The minimum absolute atomic E-state index is 0.0769. The Morgan fingerprint density at radius 2 is 2.25 bits per heavy atom. The number of nitrogens with one attached hydrogen (secondary N) is 1. The van der Waals surface area contributed by atoms with Crippen molar-refractivity contribution in [3.63, 3.8) is 0 Å². The highest BCUT2D eigenvalue weighted by Crippen LogP contribution is 2.24. The molecule has 0 spiro atoms. The van der Waals surface area contributed by atoms with Crippen LogP contribution in [0.5, 0.6) is 0 Å².